The van der Waals surface area contributed by atoms with Gasteiger partial charge in [0.05, 0.1) is 12.3 Å². The molecule has 21 heavy (non-hydrogen) atoms. The number of likely N-dealkylation sites (N-methyl/N-ethyl adjacent to an activating group) is 1. The minimum absolute atomic E-state index is 0.0119. The number of carbonyl (C=O) groups excluding carboxylic acids is 1. The number of rotatable bonds is 5. The van der Waals surface area contributed by atoms with Crippen LogP contribution < -0.4 is 5.32 Å². The standard InChI is InChI=1S/C16H19BrN2O2/c1-11-6-7-12(9-13(11)17)16(20)18-10-14(19(2)3)15-5-4-8-21-15/h4-9,14H,10H2,1-3H3,(H,18,20). The summed E-state index contributed by atoms with van der Waals surface area (Å²) in [6.45, 7) is 2.48. The topological polar surface area (TPSA) is 45.5 Å². The van der Waals surface area contributed by atoms with Gasteiger partial charge in [-0.05, 0) is 50.8 Å². The van der Waals surface area contributed by atoms with Gasteiger partial charge in [-0.1, -0.05) is 22.0 Å². The van der Waals surface area contributed by atoms with Gasteiger partial charge in [-0.3, -0.25) is 9.69 Å². The van der Waals surface area contributed by atoms with Crippen LogP contribution in [0.2, 0.25) is 0 Å². The Bertz CT molecular complexity index is 609. The van der Waals surface area contributed by atoms with E-state index in [1.54, 1.807) is 6.26 Å². The molecular formula is C16H19BrN2O2. The molecule has 1 aromatic carbocycles. The van der Waals surface area contributed by atoms with E-state index >= 15 is 0 Å². The maximum absolute atomic E-state index is 12.2. The second-order valence-electron chi connectivity index (χ2n) is 5.17. The third-order valence-corrected chi connectivity index (χ3v) is 4.24. The lowest BCUT2D eigenvalue weighted by Gasteiger charge is -2.22. The van der Waals surface area contributed by atoms with Crippen LogP contribution in [0.4, 0.5) is 0 Å². The first-order chi connectivity index (χ1) is 9.99. The van der Waals surface area contributed by atoms with Crippen LogP contribution >= 0.6 is 15.9 Å². The van der Waals surface area contributed by atoms with E-state index in [0.29, 0.717) is 12.1 Å². The fourth-order valence-corrected chi connectivity index (χ4v) is 2.42. The highest BCUT2D eigenvalue weighted by Crippen LogP contribution is 2.19. The number of benzene rings is 1. The smallest absolute Gasteiger partial charge is 0.251 e. The van der Waals surface area contributed by atoms with E-state index in [1.165, 1.54) is 0 Å². The molecule has 0 aliphatic carbocycles. The molecule has 1 heterocycles. The van der Waals surface area contributed by atoms with Crippen LogP contribution in [-0.2, 0) is 0 Å². The van der Waals surface area contributed by atoms with E-state index in [4.69, 9.17) is 4.42 Å². The highest BCUT2D eigenvalue weighted by Gasteiger charge is 2.18. The fourth-order valence-electron chi connectivity index (χ4n) is 2.04. The Morgan fingerprint density at radius 2 is 2.14 bits per heavy atom. The fraction of sp³-hybridized carbons (Fsp3) is 0.312. The van der Waals surface area contributed by atoms with Crippen molar-refractivity contribution in [2.24, 2.45) is 0 Å². The van der Waals surface area contributed by atoms with Crippen LogP contribution in [0.15, 0.2) is 45.5 Å². The average Bonchev–Trinajstić information content (AvgIpc) is 2.95. The predicted octanol–water partition coefficient (Wildman–Crippen LogP) is 3.38. The van der Waals surface area contributed by atoms with E-state index in [0.717, 1.165) is 15.8 Å². The van der Waals surface area contributed by atoms with Gasteiger partial charge in [-0.15, -0.1) is 0 Å². The maximum atomic E-state index is 12.2. The summed E-state index contributed by atoms with van der Waals surface area (Å²) in [7, 11) is 3.92. The van der Waals surface area contributed by atoms with Gasteiger partial charge in [-0.2, -0.15) is 0 Å². The number of amides is 1. The number of hydrogen-bond acceptors (Lipinski definition) is 3. The minimum Gasteiger partial charge on any atom is -0.468 e. The maximum Gasteiger partial charge on any atom is 0.251 e. The van der Waals surface area contributed by atoms with Crippen molar-refractivity contribution in [1.82, 2.24) is 10.2 Å². The summed E-state index contributed by atoms with van der Waals surface area (Å²) in [5.41, 5.74) is 1.75. The Morgan fingerprint density at radius 3 is 2.71 bits per heavy atom. The molecule has 4 nitrogen and oxygen atoms in total. The van der Waals surface area contributed by atoms with Crippen LogP contribution in [0, 0.1) is 6.92 Å². The summed E-state index contributed by atoms with van der Waals surface area (Å²) in [4.78, 5) is 14.2. The largest absolute Gasteiger partial charge is 0.468 e. The molecule has 0 radical (unpaired) electrons. The number of nitrogens with one attached hydrogen (secondary N) is 1. The van der Waals surface area contributed by atoms with Crippen molar-refractivity contribution in [3.63, 3.8) is 0 Å². The first kappa shape index (κ1) is 15.8. The molecule has 1 amide bonds. The summed E-state index contributed by atoms with van der Waals surface area (Å²) < 4.78 is 6.36. The van der Waals surface area contributed by atoms with Gasteiger partial charge in [0.2, 0.25) is 0 Å². The Balaban J connectivity index is 2.03. The predicted molar refractivity (Wildman–Crippen MR) is 86.3 cm³/mol. The summed E-state index contributed by atoms with van der Waals surface area (Å²) in [6, 6.07) is 9.37. The van der Waals surface area contributed by atoms with Crippen LogP contribution in [0.5, 0.6) is 0 Å². The number of hydrogen-bond donors (Lipinski definition) is 1. The molecule has 0 spiro atoms. The molecule has 0 fully saturated rings. The second kappa shape index (κ2) is 6.91. The van der Waals surface area contributed by atoms with Crippen molar-refractivity contribution in [2.45, 2.75) is 13.0 Å². The molecule has 0 saturated carbocycles. The Morgan fingerprint density at radius 1 is 1.38 bits per heavy atom. The summed E-state index contributed by atoms with van der Waals surface area (Å²) >= 11 is 3.45. The van der Waals surface area contributed by atoms with E-state index < -0.39 is 0 Å². The molecule has 1 atom stereocenters. The van der Waals surface area contributed by atoms with E-state index in [1.807, 2.05) is 56.3 Å². The number of furan rings is 1. The first-order valence-corrected chi connectivity index (χ1v) is 7.52. The lowest BCUT2D eigenvalue weighted by Crippen LogP contribution is -2.34. The van der Waals surface area contributed by atoms with E-state index in [2.05, 4.69) is 21.2 Å². The second-order valence-corrected chi connectivity index (χ2v) is 6.02. The normalized spacial score (nSPS) is 12.4. The number of carbonyl (C=O) groups is 1. The number of nitrogens with zero attached hydrogens (tertiary/aromatic N) is 1. The summed E-state index contributed by atoms with van der Waals surface area (Å²) in [6.07, 6.45) is 1.64. The molecule has 0 aliphatic rings. The monoisotopic (exact) mass is 350 g/mol. The number of halogens is 1. The molecule has 0 bridgehead atoms. The molecule has 2 aromatic rings. The van der Waals surface area contributed by atoms with Gasteiger partial charge >= 0.3 is 0 Å². The number of aryl methyl sites for hydroxylation is 1. The van der Waals surface area contributed by atoms with Crippen LogP contribution in [-0.4, -0.2) is 31.4 Å². The Kier molecular flexibility index (Phi) is 5.20. The zero-order valence-corrected chi connectivity index (χ0v) is 14.0. The lowest BCUT2D eigenvalue weighted by atomic mass is 10.1. The van der Waals surface area contributed by atoms with Crippen LogP contribution in [0.1, 0.15) is 27.7 Å². The molecule has 1 aromatic heterocycles. The highest BCUT2D eigenvalue weighted by molar-refractivity contribution is 9.10. The zero-order valence-electron chi connectivity index (χ0n) is 12.4. The molecule has 0 saturated heterocycles. The van der Waals surface area contributed by atoms with Gasteiger partial charge in [0, 0.05) is 16.6 Å². The molecular weight excluding hydrogens is 332 g/mol. The van der Waals surface area contributed by atoms with Crippen molar-refractivity contribution < 1.29 is 9.21 Å². The third kappa shape index (κ3) is 3.95. The van der Waals surface area contributed by atoms with E-state index in [-0.39, 0.29) is 11.9 Å². The minimum atomic E-state index is -0.0888. The molecule has 2 rings (SSSR count). The van der Waals surface area contributed by atoms with Crippen LogP contribution in [0.25, 0.3) is 0 Å². The van der Waals surface area contributed by atoms with Gasteiger partial charge < -0.3 is 9.73 Å². The summed E-state index contributed by atoms with van der Waals surface area (Å²) in [5, 5.41) is 2.95. The van der Waals surface area contributed by atoms with E-state index in [9.17, 15) is 4.79 Å². The van der Waals surface area contributed by atoms with Crippen molar-refractivity contribution in [3.05, 3.63) is 58.0 Å². The molecule has 5 heteroatoms. The van der Waals surface area contributed by atoms with Crippen molar-refractivity contribution in [3.8, 4) is 0 Å². The molecule has 1 unspecified atom stereocenters. The lowest BCUT2D eigenvalue weighted by molar-refractivity contribution is 0.0939. The van der Waals surface area contributed by atoms with Crippen LogP contribution in [0.3, 0.4) is 0 Å². The quantitative estimate of drug-likeness (QED) is 0.898. The summed E-state index contributed by atoms with van der Waals surface area (Å²) in [5.74, 6) is 0.750. The molecule has 0 aliphatic heterocycles. The Labute approximate surface area is 133 Å². The van der Waals surface area contributed by atoms with Gasteiger partial charge in [0.1, 0.15) is 5.76 Å². The van der Waals surface area contributed by atoms with Crippen molar-refractivity contribution in [2.75, 3.05) is 20.6 Å². The zero-order chi connectivity index (χ0) is 15.4. The first-order valence-electron chi connectivity index (χ1n) is 6.73. The SMILES string of the molecule is Cc1ccc(C(=O)NCC(c2ccco2)N(C)C)cc1Br. The van der Waals surface area contributed by atoms with Gasteiger partial charge in [0.25, 0.3) is 5.91 Å². The van der Waals surface area contributed by atoms with Crippen molar-refractivity contribution >= 4 is 21.8 Å². The highest BCUT2D eigenvalue weighted by atomic mass is 79.9. The average molecular weight is 351 g/mol. The molecule has 112 valence electrons. The third-order valence-electron chi connectivity index (χ3n) is 3.38. The van der Waals surface area contributed by atoms with Crippen molar-refractivity contribution in [1.29, 1.82) is 0 Å². The molecule has 1 N–H and O–H groups in total. The van der Waals surface area contributed by atoms with Gasteiger partial charge in [-0.25, -0.2) is 0 Å². The van der Waals surface area contributed by atoms with Gasteiger partial charge in [0.15, 0.2) is 0 Å². The Hall–Kier alpha value is -1.59.